The van der Waals surface area contributed by atoms with E-state index in [0.717, 1.165) is 5.56 Å². The molecule has 0 N–H and O–H groups in total. The first-order valence-electron chi connectivity index (χ1n) is 2.69. The van der Waals surface area contributed by atoms with E-state index in [1.54, 1.807) is 6.07 Å². The van der Waals surface area contributed by atoms with Gasteiger partial charge in [-0.25, -0.2) is 0 Å². The predicted molar refractivity (Wildman–Crippen MR) is 38.1 cm³/mol. The molecule has 0 nitrogen and oxygen atoms in total. The van der Waals surface area contributed by atoms with Gasteiger partial charge in [0.25, 0.3) is 0 Å². The Morgan fingerprint density at radius 1 is 1.33 bits per heavy atom. The number of aryl methyl sites for hydroxylation is 1. The van der Waals surface area contributed by atoms with Crippen molar-refractivity contribution in [2.45, 2.75) is 11.8 Å². The first kappa shape index (κ1) is 6.62. The first-order chi connectivity index (χ1) is 4.34. The summed E-state index contributed by atoms with van der Waals surface area (Å²) in [4.78, 5) is 0.706. The fourth-order valence-electron chi connectivity index (χ4n) is 0.643. The zero-order valence-corrected chi connectivity index (χ0v) is 5.91. The Morgan fingerprint density at radius 2 is 2.00 bits per heavy atom. The van der Waals surface area contributed by atoms with E-state index in [1.165, 1.54) is 0 Å². The smallest absolute Gasteiger partial charge is 0.0814 e. The second-order valence-corrected chi connectivity index (χ2v) is 2.44. The van der Waals surface area contributed by atoms with Crippen LogP contribution in [0.4, 0.5) is 3.89 Å². The van der Waals surface area contributed by atoms with Crippen LogP contribution in [0.2, 0.25) is 0 Å². The Kier molecular flexibility index (Phi) is 2.11. The fourth-order valence-corrected chi connectivity index (χ4v) is 0.963. The molecule has 0 aliphatic carbocycles. The highest BCUT2D eigenvalue weighted by molar-refractivity contribution is 7.94. The summed E-state index contributed by atoms with van der Waals surface area (Å²) in [6.07, 6.45) is 0. The zero-order chi connectivity index (χ0) is 6.69. The topological polar surface area (TPSA) is 0 Å². The van der Waals surface area contributed by atoms with E-state index in [-0.39, 0.29) is 0 Å². The van der Waals surface area contributed by atoms with Gasteiger partial charge in [0.1, 0.15) is 0 Å². The molecular formula is C7H7FS. The van der Waals surface area contributed by atoms with Crippen LogP contribution in [0, 0.1) is 6.92 Å². The third kappa shape index (κ3) is 1.45. The molecule has 0 spiro atoms. The monoisotopic (exact) mass is 142 g/mol. The van der Waals surface area contributed by atoms with Crippen LogP contribution in [0.5, 0.6) is 0 Å². The van der Waals surface area contributed by atoms with Crippen molar-refractivity contribution in [1.29, 1.82) is 0 Å². The largest absolute Gasteiger partial charge is 0.160 e. The maximum atomic E-state index is 11.9. The second-order valence-electron chi connectivity index (χ2n) is 1.84. The highest BCUT2D eigenvalue weighted by Crippen LogP contribution is 2.21. The molecule has 1 rings (SSSR count). The van der Waals surface area contributed by atoms with Crippen molar-refractivity contribution < 1.29 is 3.89 Å². The lowest BCUT2D eigenvalue weighted by molar-refractivity contribution is 0.931. The summed E-state index contributed by atoms with van der Waals surface area (Å²) in [7, 11) is 0. The highest BCUT2D eigenvalue weighted by atomic mass is 32.2. The SMILES string of the molecule is Cc1ccccc1SF. The maximum absolute atomic E-state index is 11.9. The molecule has 0 aromatic heterocycles. The number of halogens is 1. The Balaban J connectivity index is 3.01. The molecule has 0 unspecified atom stereocenters. The number of benzene rings is 1. The fraction of sp³-hybridized carbons (Fsp3) is 0.143. The Bertz CT molecular complexity index is 198. The van der Waals surface area contributed by atoms with Gasteiger partial charge in [-0.05, 0) is 18.6 Å². The first-order valence-corrected chi connectivity index (χ1v) is 3.40. The zero-order valence-electron chi connectivity index (χ0n) is 5.10. The van der Waals surface area contributed by atoms with Gasteiger partial charge in [0.2, 0.25) is 0 Å². The standard InChI is InChI=1S/C7H7FS/c1-6-4-2-3-5-7(6)9-8/h2-5H,1H3. The van der Waals surface area contributed by atoms with Crippen molar-refractivity contribution in [3.05, 3.63) is 29.8 Å². The normalized spacial score (nSPS) is 9.56. The van der Waals surface area contributed by atoms with Crippen molar-refractivity contribution in [2.24, 2.45) is 0 Å². The lowest BCUT2D eigenvalue weighted by atomic mass is 10.2. The summed E-state index contributed by atoms with van der Waals surface area (Å²) in [5.41, 5.74) is 0.991. The van der Waals surface area contributed by atoms with Gasteiger partial charge in [-0.1, -0.05) is 18.2 Å². The molecule has 2 heteroatoms. The minimum absolute atomic E-state index is 0.295. The molecule has 0 saturated carbocycles. The summed E-state index contributed by atoms with van der Waals surface area (Å²) in [6.45, 7) is 1.89. The van der Waals surface area contributed by atoms with Crippen LogP contribution in [0.1, 0.15) is 5.56 Å². The summed E-state index contributed by atoms with van der Waals surface area (Å²) < 4.78 is 11.9. The molecule has 0 aliphatic heterocycles. The highest BCUT2D eigenvalue weighted by Gasteiger charge is 1.93. The van der Waals surface area contributed by atoms with Crippen molar-refractivity contribution >= 4 is 12.1 Å². The van der Waals surface area contributed by atoms with E-state index in [2.05, 4.69) is 0 Å². The minimum Gasteiger partial charge on any atom is -0.160 e. The molecule has 1 aromatic carbocycles. The average Bonchev–Trinajstić information content (AvgIpc) is 1.89. The molecule has 1 aromatic rings. The molecule has 0 radical (unpaired) electrons. The molecule has 0 saturated heterocycles. The summed E-state index contributed by atoms with van der Waals surface area (Å²) in [5, 5.41) is 0. The van der Waals surface area contributed by atoms with Crippen LogP contribution in [-0.2, 0) is 0 Å². The predicted octanol–water partition coefficient (Wildman–Crippen LogP) is 2.97. The van der Waals surface area contributed by atoms with Crippen LogP contribution in [-0.4, -0.2) is 0 Å². The molecular weight excluding hydrogens is 135 g/mol. The van der Waals surface area contributed by atoms with Gasteiger partial charge in [0.15, 0.2) is 0 Å². The summed E-state index contributed by atoms with van der Waals surface area (Å²) >= 11 is 0.295. The van der Waals surface area contributed by atoms with E-state index >= 15 is 0 Å². The third-order valence-corrected chi connectivity index (χ3v) is 1.80. The van der Waals surface area contributed by atoms with Crippen LogP contribution >= 0.6 is 12.1 Å². The molecule has 0 fully saturated rings. The van der Waals surface area contributed by atoms with E-state index < -0.39 is 0 Å². The molecule has 0 heterocycles. The summed E-state index contributed by atoms with van der Waals surface area (Å²) in [5.74, 6) is 0. The van der Waals surface area contributed by atoms with Gasteiger partial charge in [0.05, 0.1) is 12.1 Å². The lowest BCUT2D eigenvalue weighted by Gasteiger charge is -1.94. The summed E-state index contributed by atoms with van der Waals surface area (Å²) in [6, 6.07) is 7.38. The van der Waals surface area contributed by atoms with Gasteiger partial charge >= 0.3 is 0 Å². The van der Waals surface area contributed by atoms with Crippen LogP contribution in [0.25, 0.3) is 0 Å². The molecule has 48 valence electrons. The third-order valence-electron chi connectivity index (χ3n) is 1.18. The molecule has 0 atom stereocenters. The van der Waals surface area contributed by atoms with Crippen molar-refractivity contribution in [1.82, 2.24) is 0 Å². The van der Waals surface area contributed by atoms with E-state index in [4.69, 9.17) is 0 Å². The van der Waals surface area contributed by atoms with Crippen LogP contribution in [0.15, 0.2) is 29.2 Å². The molecule has 0 aliphatic rings. The van der Waals surface area contributed by atoms with Crippen LogP contribution < -0.4 is 0 Å². The van der Waals surface area contributed by atoms with Gasteiger partial charge < -0.3 is 0 Å². The minimum atomic E-state index is 0.295. The van der Waals surface area contributed by atoms with E-state index in [1.807, 2.05) is 25.1 Å². The number of rotatable bonds is 1. The average molecular weight is 142 g/mol. The maximum Gasteiger partial charge on any atom is 0.0814 e. The van der Waals surface area contributed by atoms with Crippen molar-refractivity contribution in [2.75, 3.05) is 0 Å². The van der Waals surface area contributed by atoms with Gasteiger partial charge in [-0.2, -0.15) is 3.89 Å². The Labute approximate surface area is 58.4 Å². The Hall–Kier alpha value is -0.500. The quantitative estimate of drug-likeness (QED) is 0.581. The van der Waals surface area contributed by atoms with E-state index in [9.17, 15) is 3.89 Å². The van der Waals surface area contributed by atoms with Gasteiger partial charge in [0, 0.05) is 4.90 Å². The molecule has 0 amide bonds. The molecule has 9 heavy (non-hydrogen) atoms. The number of hydrogen-bond acceptors (Lipinski definition) is 1. The molecule has 0 bridgehead atoms. The van der Waals surface area contributed by atoms with Gasteiger partial charge in [-0.3, -0.25) is 0 Å². The van der Waals surface area contributed by atoms with Crippen molar-refractivity contribution in [3.63, 3.8) is 0 Å². The van der Waals surface area contributed by atoms with Crippen LogP contribution in [0.3, 0.4) is 0 Å². The second kappa shape index (κ2) is 2.87. The lowest BCUT2D eigenvalue weighted by Crippen LogP contribution is -1.72. The number of hydrogen-bond donors (Lipinski definition) is 0. The van der Waals surface area contributed by atoms with E-state index in [0.29, 0.717) is 17.0 Å². The van der Waals surface area contributed by atoms with Crippen molar-refractivity contribution in [3.8, 4) is 0 Å². The van der Waals surface area contributed by atoms with Gasteiger partial charge in [-0.15, -0.1) is 0 Å². The Morgan fingerprint density at radius 3 is 2.44 bits per heavy atom.